The Hall–Kier alpha value is 0.627. The SMILES string of the molecule is CC1=C(C)C(C)[C]([Hf+2]([C]2=C(C)C(C)=C(C)C2C)=[Si](C)C)=C1C.[Cl-].[Cl-]. The smallest absolute Gasteiger partial charge is 1.00 e. The first-order valence-corrected chi connectivity index (χ1v) is 20.0. The van der Waals surface area contributed by atoms with E-state index in [1.165, 1.54) is 0 Å². The van der Waals surface area contributed by atoms with Crippen LogP contribution in [0, 0.1) is 11.8 Å². The summed E-state index contributed by atoms with van der Waals surface area (Å²) in [7, 11) is 0. The molecule has 24 heavy (non-hydrogen) atoms. The van der Waals surface area contributed by atoms with Crippen molar-refractivity contribution in [2.24, 2.45) is 11.8 Å². The van der Waals surface area contributed by atoms with Gasteiger partial charge in [-0.3, -0.25) is 0 Å². The first-order chi connectivity index (χ1) is 10.1. The molecule has 0 nitrogen and oxygen atoms in total. The summed E-state index contributed by atoms with van der Waals surface area (Å²) in [6, 6.07) is 0. The van der Waals surface area contributed by atoms with Crippen LogP contribution in [0.4, 0.5) is 0 Å². The molecular weight excluding hydrogens is 518 g/mol. The zero-order valence-electron chi connectivity index (χ0n) is 16.9. The van der Waals surface area contributed by atoms with Crippen molar-refractivity contribution in [3.63, 3.8) is 0 Å². The van der Waals surface area contributed by atoms with Crippen molar-refractivity contribution >= 4 is 5.49 Å². The average Bonchev–Trinajstić information content (AvgIpc) is 2.76. The Labute approximate surface area is 169 Å². The molecule has 134 valence electrons. The van der Waals surface area contributed by atoms with Gasteiger partial charge in [-0.15, -0.1) is 0 Å². The van der Waals surface area contributed by atoms with E-state index in [2.05, 4.69) is 68.5 Å². The standard InChI is InChI=1S/2C9H13.C2H6Si.2ClH.Hf/c2*1-6-5-7(2)9(4)8(6)3;1-3-2;;;/h2*6H,1-4H3;1-2H3;2*1H;/q;;;;;+2/p-2. The van der Waals surface area contributed by atoms with E-state index >= 15 is 0 Å². The molecule has 0 bridgehead atoms. The molecule has 2 aliphatic rings. The molecule has 0 N–H and O–H groups in total. The van der Waals surface area contributed by atoms with E-state index in [-0.39, 0.29) is 30.3 Å². The van der Waals surface area contributed by atoms with Gasteiger partial charge in [0.1, 0.15) is 0 Å². The third-order valence-electron chi connectivity index (χ3n) is 6.32. The zero-order chi connectivity index (χ0) is 16.9. The van der Waals surface area contributed by atoms with Crippen molar-refractivity contribution in [2.75, 3.05) is 0 Å². The minimum Gasteiger partial charge on any atom is -1.00 e. The second-order valence-corrected chi connectivity index (χ2v) is 30.9. The van der Waals surface area contributed by atoms with Gasteiger partial charge in [0, 0.05) is 0 Å². The fourth-order valence-corrected chi connectivity index (χ4v) is 33.3. The fraction of sp³-hybridized carbons (Fsp3) is 0.600. The van der Waals surface area contributed by atoms with Crippen LogP contribution in [-0.4, -0.2) is 5.49 Å². The Bertz CT molecular complexity index is 647. The normalized spacial score (nSPS) is 23.4. The van der Waals surface area contributed by atoms with E-state index in [0.29, 0.717) is 0 Å². The van der Waals surface area contributed by atoms with Crippen LogP contribution in [0.2, 0.25) is 13.1 Å². The van der Waals surface area contributed by atoms with E-state index in [1.807, 2.05) is 6.66 Å². The molecule has 2 unspecified atom stereocenters. The van der Waals surface area contributed by atoms with E-state index < -0.39 is 20.1 Å². The van der Waals surface area contributed by atoms with Gasteiger partial charge < -0.3 is 24.8 Å². The summed E-state index contributed by atoms with van der Waals surface area (Å²) >= 11 is -1.93. The molecule has 0 fully saturated rings. The van der Waals surface area contributed by atoms with Crippen LogP contribution in [0.25, 0.3) is 0 Å². The second kappa shape index (κ2) is 9.02. The van der Waals surface area contributed by atoms with E-state index in [4.69, 9.17) is 0 Å². The zero-order valence-corrected chi connectivity index (χ0v) is 23.0. The van der Waals surface area contributed by atoms with Crippen LogP contribution in [0.1, 0.15) is 55.4 Å². The predicted molar refractivity (Wildman–Crippen MR) is 98.0 cm³/mol. The van der Waals surface area contributed by atoms with Gasteiger partial charge in [-0.1, -0.05) is 0 Å². The molecule has 0 saturated carbocycles. The first kappa shape index (κ1) is 24.6. The molecule has 0 aromatic heterocycles. The topological polar surface area (TPSA) is 0 Å². The Balaban J connectivity index is 0.00000264. The number of allylic oxidation sites excluding steroid dienone is 8. The largest absolute Gasteiger partial charge is 1.00 e. The van der Waals surface area contributed by atoms with E-state index in [1.54, 1.807) is 33.4 Å². The maximum absolute atomic E-state index is 2.60. The minimum atomic E-state index is -1.93. The second-order valence-electron chi connectivity index (χ2n) is 7.51. The van der Waals surface area contributed by atoms with Gasteiger partial charge in [0.05, 0.1) is 0 Å². The van der Waals surface area contributed by atoms with Crippen LogP contribution in [0.15, 0.2) is 40.1 Å². The van der Waals surface area contributed by atoms with Gasteiger partial charge in [0.25, 0.3) is 0 Å². The molecular formula is C20H32Cl2HfSi. The summed E-state index contributed by atoms with van der Waals surface area (Å²) < 4.78 is 3.89. The molecule has 0 saturated heterocycles. The van der Waals surface area contributed by atoms with Crippen LogP contribution in [0.5, 0.6) is 0 Å². The van der Waals surface area contributed by atoms with Crippen LogP contribution in [0.3, 0.4) is 0 Å². The van der Waals surface area contributed by atoms with Gasteiger partial charge in [0.15, 0.2) is 0 Å². The van der Waals surface area contributed by atoms with Gasteiger partial charge in [-0.25, -0.2) is 0 Å². The van der Waals surface area contributed by atoms with Crippen molar-refractivity contribution in [2.45, 2.75) is 68.5 Å². The maximum atomic E-state index is 2.60. The summed E-state index contributed by atoms with van der Waals surface area (Å²) in [6.45, 7) is 24.4. The summed E-state index contributed by atoms with van der Waals surface area (Å²) in [6.07, 6.45) is 0. The molecule has 2 atom stereocenters. The van der Waals surface area contributed by atoms with Gasteiger partial charge in [0.2, 0.25) is 0 Å². The molecule has 0 radical (unpaired) electrons. The van der Waals surface area contributed by atoms with Crippen molar-refractivity contribution in [3.05, 3.63) is 40.1 Å². The van der Waals surface area contributed by atoms with Crippen molar-refractivity contribution in [1.82, 2.24) is 0 Å². The number of hydrogen-bond acceptors (Lipinski definition) is 0. The minimum absolute atomic E-state index is 0. The summed E-state index contributed by atoms with van der Waals surface area (Å²) in [4.78, 5) is 0. The van der Waals surface area contributed by atoms with Gasteiger partial charge in [-0.05, 0) is 0 Å². The van der Waals surface area contributed by atoms with Crippen molar-refractivity contribution in [1.29, 1.82) is 0 Å². The van der Waals surface area contributed by atoms with Gasteiger partial charge >= 0.3 is 146 Å². The van der Waals surface area contributed by atoms with Crippen molar-refractivity contribution < 1.29 is 44.9 Å². The molecule has 0 aliphatic heterocycles. The predicted octanol–water partition coefficient (Wildman–Crippen LogP) is 0.384. The monoisotopic (exact) mass is 550 g/mol. The van der Waals surface area contributed by atoms with Crippen LogP contribution < -0.4 is 24.8 Å². The van der Waals surface area contributed by atoms with E-state index in [0.717, 1.165) is 11.8 Å². The quantitative estimate of drug-likeness (QED) is 0.437. The number of halogens is 2. The Morgan fingerprint density at radius 2 is 0.917 bits per heavy atom. The van der Waals surface area contributed by atoms with Crippen molar-refractivity contribution in [3.8, 4) is 0 Å². The molecule has 0 aromatic rings. The Morgan fingerprint density at radius 3 is 1.08 bits per heavy atom. The molecule has 0 spiro atoms. The number of rotatable bonds is 2. The molecule has 4 heteroatoms. The third kappa shape index (κ3) is 3.82. The average molecular weight is 550 g/mol. The Kier molecular flexibility index (Phi) is 9.25. The van der Waals surface area contributed by atoms with Crippen LogP contribution >= 0.6 is 0 Å². The summed E-state index contributed by atoms with van der Waals surface area (Å²) in [5, 5.41) is 0. The maximum Gasteiger partial charge on any atom is -1.00 e. The first-order valence-electron chi connectivity index (χ1n) is 8.56. The molecule has 0 heterocycles. The fourth-order valence-electron chi connectivity index (χ4n) is 4.22. The van der Waals surface area contributed by atoms with Gasteiger partial charge in [-0.2, -0.15) is 0 Å². The third-order valence-corrected chi connectivity index (χ3v) is 32.2. The molecule has 0 amide bonds. The molecule has 0 aromatic carbocycles. The number of hydrogen-bond donors (Lipinski definition) is 0. The summed E-state index contributed by atoms with van der Waals surface area (Å²) in [5.41, 5.74) is 9.61. The van der Waals surface area contributed by atoms with Crippen LogP contribution in [-0.2, 0) is 20.1 Å². The molecule has 2 rings (SSSR count). The molecule has 2 aliphatic carbocycles. The summed E-state index contributed by atoms with van der Waals surface area (Å²) in [5.74, 6) is 1.44. The Morgan fingerprint density at radius 1 is 0.625 bits per heavy atom. The van der Waals surface area contributed by atoms with E-state index in [9.17, 15) is 0 Å².